The Morgan fingerprint density at radius 2 is 1.87 bits per heavy atom. The van der Waals surface area contributed by atoms with Gasteiger partial charge in [0, 0.05) is 32.3 Å². The number of fused-ring (bicyclic) bond motifs is 2. The van der Waals surface area contributed by atoms with Crippen molar-refractivity contribution in [3.05, 3.63) is 44.9 Å². The van der Waals surface area contributed by atoms with Gasteiger partial charge in [-0.25, -0.2) is 14.8 Å². The number of aromatic nitrogens is 4. The molecule has 1 aromatic carbocycles. The van der Waals surface area contributed by atoms with E-state index in [4.69, 9.17) is 9.47 Å². The summed E-state index contributed by atoms with van der Waals surface area (Å²) in [6.07, 6.45) is 0.524. The molecule has 0 unspecified atom stereocenters. The monoisotopic (exact) mass is 443 g/mol. The molecule has 0 saturated carbocycles. The number of amides is 1. The van der Waals surface area contributed by atoms with Gasteiger partial charge in [-0.3, -0.25) is 18.7 Å². The highest BCUT2D eigenvalue weighted by Gasteiger charge is 2.18. The summed E-state index contributed by atoms with van der Waals surface area (Å²) in [6.45, 7) is 2.83. The number of carbonyl (C=O) groups excluding carboxylic acids is 1. The summed E-state index contributed by atoms with van der Waals surface area (Å²) >= 11 is 1.13. The van der Waals surface area contributed by atoms with Crippen molar-refractivity contribution in [1.29, 1.82) is 0 Å². The first-order valence-corrected chi connectivity index (χ1v) is 10.7. The van der Waals surface area contributed by atoms with Crippen LogP contribution in [0.1, 0.15) is 12.7 Å². The molecule has 0 fully saturated rings. The summed E-state index contributed by atoms with van der Waals surface area (Å²) in [5.74, 6) is 1.46. The standard InChI is InChI=1S/C20H21N5O5S/c1-4-14-22-17-16(19(27)25(3)20(28)24(17)2)18(23-14)31-10-15(26)21-11-5-6-12-13(9-11)30-8-7-29-12/h5-6,9H,4,7-8,10H2,1-3H3,(H,21,26). The second-order valence-corrected chi connectivity index (χ2v) is 7.86. The molecule has 10 nitrogen and oxygen atoms in total. The molecular formula is C20H21N5O5S. The molecule has 0 aliphatic carbocycles. The number of anilines is 1. The van der Waals surface area contributed by atoms with E-state index in [1.165, 1.54) is 11.6 Å². The average molecular weight is 443 g/mol. The van der Waals surface area contributed by atoms with Gasteiger partial charge in [-0.15, -0.1) is 0 Å². The second kappa shape index (κ2) is 8.42. The van der Waals surface area contributed by atoms with Crippen molar-refractivity contribution in [3.63, 3.8) is 0 Å². The first kappa shape index (κ1) is 20.9. The fraction of sp³-hybridized carbons (Fsp3) is 0.350. The fourth-order valence-corrected chi connectivity index (χ4v) is 4.02. The lowest BCUT2D eigenvalue weighted by atomic mass is 10.2. The molecule has 0 bridgehead atoms. The normalized spacial score (nSPS) is 12.7. The Hall–Kier alpha value is -3.34. The first-order chi connectivity index (χ1) is 14.9. The van der Waals surface area contributed by atoms with Crippen molar-refractivity contribution < 1.29 is 14.3 Å². The molecule has 1 aliphatic rings. The molecule has 4 rings (SSSR count). The van der Waals surface area contributed by atoms with Crippen molar-refractivity contribution in [2.75, 3.05) is 24.3 Å². The Labute approximate surface area is 181 Å². The van der Waals surface area contributed by atoms with Crippen LogP contribution in [-0.2, 0) is 25.3 Å². The number of carbonyl (C=O) groups is 1. The molecule has 3 heterocycles. The van der Waals surface area contributed by atoms with Crippen LogP contribution in [0, 0.1) is 0 Å². The van der Waals surface area contributed by atoms with Gasteiger partial charge in [0.25, 0.3) is 5.56 Å². The predicted molar refractivity (Wildman–Crippen MR) is 116 cm³/mol. The number of aryl methyl sites for hydroxylation is 2. The van der Waals surface area contributed by atoms with Crippen molar-refractivity contribution in [1.82, 2.24) is 19.1 Å². The molecule has 162 valence electrons. The predicted octanol–water partition coefficient (Wildman–Crippen LogP) is 1.09. The minimum absolute atomic E-state index is 0.0235. The van der Waals surface area contributed by atoms with Crippen LogP contribution in [0.5, 0.6) is 11.5 Å². The van der Waals surface area contributed by atoms with E-state index in [0.717, 1.165) is 16.3 Å². The van der Waals surface area contributed by atoms with Crippen LogP contribution in [0.15, 0.2) is 32.8 Å². The molecule has 2 aromatic heterocycles. The quantitative estimate of drug-likeness (QED) is 0.460. The van der Waals surface area contributed by atoms with Gasteiger partial charge in [0.05, 0.1) is 5.75 Å². The molecule has 11 heteroatoms. The number of nitrogens with one attached hydrogen (secondary N) is 1. The smallest absolute Gasteiger partial charge is 0.332 e. The highest BCUT2D eigenvalue weighted by Crippen LogP contribution is 2.32. The Kier molecular flexibility index (Phi) is 5.68. The van der Waals surface area contributed by atoms with Crippen LogP contribution >= 0.6 is 11.8 Å². The van der Waals surface area contributed by atoms with E-state index >= 15 is 0 Å². The molecule has 0 atom stereocenters. The SMILES string of the molecule is CCc1nc(SCC(=O)Nc2ccc3c(c2)OCCO3)c2c(=O)n(C)c(=O)n(C)c2n1. The minimum atomic E-state index is -0.490. The van der Waals surface area contributed by atoms with Crippen molar-refractivity contribution >= 4 is 34.4 Å². The van der Waals surface area contributed by atoms with E-state index < -0.39 is 11.2 Å². The third-order valence-electron chi connectivity index (χ3n) is 4.80. The largest absolute Gasteiger partial charge is 0.486 e. The van der Waals surface area contributed by atoms with Gasteiger partial charge in [-0.05, 0) is 12.1 Å². The number of rotatable bonds is 5. The zero-order chi connectivity index (χ0) is 22.1. The highest BCUT2D eigenvalue weighted by molar-refractivity contribution is 8.00. The van der Waals surface area contributed by atoms with Crippen LogP contribution in [0.2, 0.25) is 0 Å². The van der Waals surface area contributed by atoms with Crippen LogP contribution in [0.4, 0.5) is 5.69 Å². The van der Waals surface area contributed by atoms with Gasteiger partial charge >= 0.3 is 5.69 Å². The number of hydrogen-bond donors (Lipinski definition) is 1. The van der Waals surface area contributed by atoms with Crippen molar-refractivity contribution in [3.8, 4) is 11.5 Å². The molecule has 0 saturated heterocycles. The highest BCUT2D eigenvalue weighted by atomic mass is 32.2. The van der Waals surface area contributed by atoms with Crippen LogP contribution in [0.3, 0.4) is 0 Å². The molecule has 1 N–H and O–H groups in total. The van der Waals surface area contributed by atoms with Crippen LogP contribution in [0.25, 0.3) is 11.0 Å². The molecule has 0 spiro atoms. The fourth-order valence-electron chi connectivity index (χ4n) is 3.19. The number of ether oxygens (including phenoxy) is 2. The zero-order valence-corrected chi connectivity index (χ0v) is 18.1. The van der Waals surface area contributed by atoms with E-state index in [1.54, 1.807) is 25.2 Å². The van der Waals surface area contributed by atoms with E-state index in [9.17, 15) is 14.4 Å². The molecule has 31 heavy (non-hydrogen) atoms. The summed E-state index contributed by atoms with van der Waals surface area (Å²) in [5.41, 5.74) is -0.120. The number of hydrogen-bond acceptors (Lipinski definition) is 8. The Morgan fingerprint density at radius 3 is 2.61 bits per heavy atom. The maximum atomic E-state index is 12.7. The topological polar surface area (TPSA) is 117 Å². The van der Waals surface area contributed by atoms with E-state index in [-0.39, 0.29) is 22.7 Å². The Morgan fingerprint density at radius 1 is 1.13 bits per heavy atom. The van der Waals surface area contributed by atoms with Gasteiger partial charge in [0.1, 0.15) is 29.5 Å². The lowest BCUT2D eigenvalue weighted by molar-refractivity contribution is -0.113. The van der Waals surface area contributed by atoms with Crippen molar-refractivity contribution in [2.45, 2.75) is 18.4 Å². The summed E-state index contributed by atoms with van der Waals surface area (Å²) < 4.78 is 13.3. The molecule has 3 aromatic rings. The van der Waals surface area contributed by atoms with Crippen molar-refractivity contribution in [2.24, 2.45) is 14.1 Å². The average Bonchev–Trinajstić information content (AvgIpc) is 2.79. The van der Waals surface area contributed by atoms with Gasteiger partial charge in [0.2, 0.25) is 5.91 Å². The first-order valence-electron chi connectivity index (χ1n) is 9.68. The lowest BCUT2D eigenvalue weighted by Gasteiger charge is -2.19. The third kappa shape index (κ3) is 4.00. The number of thioether (sulfide) groups is 1. The second-order valence-electron chi connectivity index (χ2n) is 6.90. The van der Waals surface area contributed by atoms with Gasteiger partial charge in [-0.2, -0.15) is 0 Å². The number of nitrogens with zero attached hydrogens (tertiary/aromatic N) is 4. The molecule has 1 amide bonds. The maximum absolute atomic E-state index is 12.7. The molecule has 1 aliphatic heterocycles. The molecular weight excluding hydrogens is 422 g/mol. The summed E-state index contributed by atoms with van der Waals surface area (Å²) in [7, 11) is 2.96. The van der Waals surface area contributed by atoms with Gasteiger partial charge in [-0.1, -0.05) is 18.7 Å². The minimum Gasteiger partial charge on any atom is -0.486 e. The van der Waals surface area contributed by atoms with Gasteiger partial charge in [0.15, 0.2) is 17.1 Å². The third-order valence-corrected chi connectivity index (χ3v) is 5.77. The van der Waals surface area contributed by atoms with Crippen LogP contribution < -0.4 is 26.0 Å². The zero-order valence-electron chi connectivity index (χ0n) is 17.3. The molecule has 0 radical (unpaired) electrons. The summed E-state index contributed by atoms with van der Waals surface area (Å²) in [4.78, 5) is 46.3. The van der Waals surface area contributed by atoms with E-state index in [2.05, 4.69) is 15.3 Å². The van der Waals surface area contributed by atoms with Crippen LogP contribution in [-0.4, -0.2) is 44.0 Å². The lowest BCUT2D eigenvalue weighted by Crippen LogP contribution is -2.37. The summed E-state index contributed by atoms with van der Waals surface area (Å²) in [6, 6.07) is 5.18. The Balaban J connectivity index is 1.59. The van der Waals surface area contributed by atoms with Gasteiger partial charge < -0.3 is 14.8 Å². The maximum Gasteiger partial charge on any atom is 0.332 e. The summed E-state index contributed by atoms with van der Waals surface area (Å²) in [5, 5.41) is 3.40. The van der Waals surface area contributed by atoms with E-state index in [1.807, 2.05) is 6.92 Å². The number of benzene rings is 1. The Bertz CT molecular complexity index is 1300. The van der Waals surface area contributed by atoms with E-state index in [0.29, 0.717) is 47.7 Å².